The van der Waals surface area contributed by atoms with Gasteiger partial charge in [0.05, 0.1) is 12.2 Å². The van der Waals surface area contributed by atoms with E-state index in [-0.39, 0.29) is 12.5 Å². The van der Waals surface area contributed by atoms with Crippen molar-refractivity contribution >= 4 is 11.8 Å². The monoisotopic (exact) mass is 436 g/mol. The summed E-state index contributed by atoms with van der Waals surface area (Å²) < 4.78 is 40.0. The molecule has 7 heteroatoms. The Hall–Kier alpha value is -1.54. The molecule has 1 fully saturated rings. The van der Waals surface area contributed by atoms with Crippen LogP contribution in [0.25, 0.3) is 0 Å². The summed E-state index contributed by atoms with van der Waals surface area (Å²) in [5.41, 5.74) is 1.38. The molecule has 2 aromatic carbocycles. The second-order valence-corrected chi connectivity index (χ2v) is 9.08. The topological polar surface area (TPSA) is 26.7 Å². The summed E-state index contributed by atoms with van der Waals surface area (Å²) in [6.45, 7) is 5.74. The first-order valence-corrected chi connectivity index (χ1v) is 11.3. The van der Waals surface area contributed by atoms with E-state index in [0.717, 1.165) is 73.0 Å². The molecular weight excluding hydrogens is 409 g/mol. The molecule has 0 aliphatic carbocycles. The summed E-state index contributed by atoms with van der Waals surface area (Å²) >= 11 is 1.57. The highest BCUT2D eigenvalue weighted by Crippen LogP contribution is 2.48. The van der Waals surface area contributed by atoms with Crippen molar-refractivity contribution in [2.75, 3.05) is 45.9 Å². The van der Waals surface area contributed by atoms with E-state index in [2.05, 4.69) is 21.9 Å². The van der Waals surface area contributed by atoms with Crippen molar-refractivity contribution in [2.24, 2.45) is 0 Å². The average Bonchev–Trinajstić information content (AvgIpc) is 2.73. The molecule has 0 amide bonds. The van der Waals surface area contributed by atoms with Gasteiger partial charge in [-0.05, 0) is 54.8 Å². The molecule has 3 nitrogen and oxygen atoms in total. The first-order valence-electron chi connectivity index (χ1n) is 10.5. The predicted octanol–water partition coefficient (Wildman–Crippen LogP) is 4.69. The number of rotatable bonds is 6. The molecule has 2 aromatic rings. The van der Waals surface area contributed by atoms with E-state index in [1.54, 1.807) is 17.8 Å². The van der Waals surface area contributed by atoms with Crippen molar-refractivity contribution in [2.45, 2.75) is 34.7 Å². The number of aliphatic hydroxyl groups is 1. The molecule has 2 aliphatic rings. The number of nitrogens with zero attached hydrogens (tertiary/aromatic N) is 2. The third kappa shape index (κ3) is 4.85. The quantitative estimate of drug-likeness (QED) is 0.711. The highest BCUT2D eigenvalue weighted by molar-refractivity contribution is 7.99. The highest BCUT2D eigenvalue weighted by atomic mass is 32.2. The zero-order valence-corrected chi connectivity index (χ0v) is 17.7. The Kier molecular flexibility index (Phi) is 6.72. The lowest BCUT2D eigenvalue weighted by Crippen LogP contribution is -2.47. The van der Waals surface area contributed by atoms with Crippen molar-refractivity contribution in [3.63, 3.8) is 0 Å². The largest absolute Gasteiger partial charge is 0.416 e. The van der Waals surface area contributed by atoms with E-state index >= 15 is 0 Å². The SMILES string of the molecule is OCCN1CCN(CCC[C@@H]2c3ccccc3Sc3ccc(C(F)(F)F)cc32)CC1. The van der Waals surface area contributed by atoms with Gasteiger partial charge >= 0.3 is 6.18 Å². The van der Waals surface area contributed by atoms with Gasteiger partial charge in [0.2, 0.25) is 0 Å². The number of halogens is 3. The Morgan fingerprint density at radius 2 is 1.57 bits per heavy atom. The Labute approximate surface area is 179 Å². The van der Waals surface area contributed by atoms with Gasteiger partial charge in [0.25, 0.3) is 0 Å². The van der Waals surface area contributed by atoms with Crippen LogP contribution in [0.2, 0.25) is 0 Å². The zero-order chi connectivity index (χ0) is 21.1. The maximum atomic E-state index is 13.3. The van der Waals surface area contributed by atoms with Crippen LogP contribution in [0.1, 0.15) is 35.4 Å². The minimum atomic E-state index is -4.32. The van der Waals surface area contributed by atoms with E-state index in [1.165, 1.54) is 12.1 Å². The number of piperazine rings is 1. The number of hydrogen-bond acceptors (Lipinski definition) is 4. The van der Waals surface area contributed by atoms with Crippen LogP contribution in [0.4, 0.5) is 13.2 Å². The molecule has 0 bridgehead atoms. The van der Waals surface area contributed by atoms with Crippen molar-refractivity contribution in [1.29, 1.82) is 0 Å². The fraction of sp³-hybridized carbons (Fsp3) is 0.478. The van der Waals surface area contributed by atoms with E-state index in [1.807, 2.05) is 12.1 Å². The molecule has 0 radical (unpaired) electrons. The second kappa shape index (κ2) is 9.30. The van der Waals surface area contributed by atoms with Crippen molar-refractivity contribution in [1.82, 2.24) is 9.80 Å². The standard InChI is InChI=1S/C23H27F3N2OS/c24-23(25,26)17-7-8-22-20(16-17)18(19-4-1-2-6-21(19)30-22)5-3-9-27-10-12-28(13-11-27)14-15-29/h1-2,4,6-8,16,18,29H,3,5,9-15H2/t18-/m1/s1. The second-order valence-electron chi connectivity index (χ2n) is 7.99. The molecule has 2 heterocycles. The van der Waals surface area contributed by atoms with Gasteiger partial charge in [-0.3, -0.25) is 4.90 Å². The lowest BCUT2D eigenvalue weighted by Gasteiger charge is -2.35. The van der Waals surface area contributed by atoms with Gasteiger partial charge in [0.15, 0.2) is 0 Å². The summed E-state index contributed by atoms with van der Waals surface area (Å²) in [5, 5.41) is 9.07. The van der Waals surface area contributed by atoms with Crippen molar-refractivity contribution in [3.05, 3.63) is 59.2 Å². The number of β-amino-alcohol motifs (C(OH)–C–C–N with tert-alkyl or cyclic N) is 1. The predicted molar refractivity (Wildman–Crippen MR) is 113 cm³/mol. The lowest BCUT2D eigenvalue weighted by atomic mass is 9.86. The Morgan fingerprint density at radius 1 is 0.900 bits per heavy atom. The summed E-state index contributed by atoms with van der Waals surface area (Å²) in [6, 6.07) is 12.3. The maximum Gasteiger partial charge on any atom is 0.416 e. The molecule has 1 saturated heterocycles. The Morgan fingerprint density at radius 3 is 2.27 bits per heavy atom. The van der Waals surface area contributed by atoms with Crippen molar-refractivity contribution < 1.29 is 18.3 Å². The molecule has 0 saturated carbocycles. The molecule has 1 N–H and O–H groups in total. The number of alkyl halides is 3. The van der Waals surface area contributed by atoms with Gasteiger partial charge in [-0.15, -0.1) is 0 Å². The molecule has 1 atom stereocenters. The van der Waals surface area contributed by atoms with Gasteiger partial charge in [-0.25, -0.2) is 0 Å². The summed E-state index contributed by atoms with van der Waals surface area (Å²) in [7, 11) is 0. The third-order valence-corrected chi connectivity index (χ3v) is 7.26. The Bertz CT molecular complexity index is 866. The van der Waals surface area contributed by atoms with Gasteiger partial charge in [0.1, 0.15) is 0 Å². The molecule has 0 unspecified atom stereocenters. The molecule has 2 aliphatic heterocycles. The highest BCUT2D eigenvalue weighted by Gasteiger charge is 2.34. The van der Waals surface area contributed by atoms with Gasteiger partial charge in [-0.2, -0.15) is 13.2 Å². The molecular formula is C23H27F3N2OS. The van der Waals surface area contributed by atoms with Crippen LogP contribution in [0.5, 0.6) is 0 Å². The van der Waals surface area contributed by atoms with Gasteiger partial charge in [0, 0.05) is 48.4 Å². The zero-order valence-electron chi connectivity index (χ0n) is 16.9. The molecule has 0 spiro atoms. The van der Waals surface area contributed by atoms with Crippen molar-refractivity contribution in [3.8, 4) is 0 Å². The number of hydrogen-bond donors (Lipinski definition) is 1. The number of aliphatic hydroxyl groups excluding tert-OH is 1. The summed E-state index contributed by atoms with van der Waals surface area (Å²) in [6.07, 6.45) is -2.54. The summed E-state index contributed by atoms with van der Waals surface area (Å²) in [5.74, 6) is -0.00423. The molecule has 30 heavy (non-hydrogen) atoms. The van der Waals surface area contributed by atoms with Gasteiger partial charge in [-0.1, -0.05) is 30.0 Å². The average molecular weight is 437 g/mol. The normalized spacial score (nSPS) is 20.1. The fourth-order valence-electron chi connectivity index (χ4n) is 4.45. The van der Waals surface area contributed by atoms with E-state index in [0.29, 0.717) is 0 Å². The summed E-state index contributed by atoms with van der Waals surface area (Å²) in [4.78, 5) is 6.77. The third-order valence-electron chi connectivity index (χ3n) is 6.08. The lowest BCUT2D eigenvalue weighted by molar-refractivity contribution is -0.137. The maximum absolute atomic E-state index is 13.3. The number of benzene rings is 2. The number of fused-ring (bicyclic) bond motifs is 2. The minimum Gasteiger partial charge on any atom is -0.395 e. The van der Waals surface area contributed by atoms with Crippen LogP contribution < -0.4 is 0 Å². The molecule has 4 rings (SSSR count). The van der Waals surface area contributed by atoms with E-state index in [4.69, 9.17) is 5.11 Å². The smallest absolute Gasteiger partial charge is 0.395 e. The first kappa shape index (κ1) is 21.7. The van der Waals surface area contributed by atoms with E-state index in [9.17, 15) is 13.2 Å². The van der Waals surface area contributed by atoms with E-state index < -0.39 is 11.7 Å². The first-order chi connectivity index (χ1) is 14.5. The molecule has 162 valence electrons. The van der Waals surface area contributed by atoms with Crippen LogP contribution in [0, 0.1) is 0 Å². The van der Waals surface area contributed by atoms with Crippen LogP contribution in [-0.2, 0) is 6.18 Å². The van der Waals surface area contributed by atoms with Crippen LogP contribution in [0.15, 0.2) is 52.3 Å². The van der Waals surface area contributed by atoms with Crippen LogP contribution in [-0.4, -0.2) is 60.8 Å². The van der Waals surface area contributed by atoms with Crippen LogP contribution in [0.3, 0.4) is 0 Å². The Balaban J connectivity index is 1.47. The fourth-order valence-corrected chi connectivity index (χ4v) is 5.61. The minimum absolute atomic E-state index is 0.00423. The van der Waals surface area contributed by atoms with Gasteiger partial charge < -0.3 is 10.0 Å². The van der Waals surface area contributed by atoms with Crippen LogP contribution >= 0.6 is 11.8 Å². The molecule has 0 aromatic heterocycles.